The highest BCUT2D eigenvalue weighted by Gasteiger charge is 2.16. The van der Waals surface area contributed by atoms with E-state index in [1.807, 2.05) is 12.4 Å². The molecule has 13 heavy (non-hydrogen) atoms. The number of imidazole rings is 1. The van der Waals surface area contributed by atoms with Gasteiger partial charge in [0.2, 0.25) is 0 Å². The lowest BCUT2D eigenvalue weighted by Gasteiger charge is -2.14. The maximum Gasteiger partial charge on any atom is 0.125 e. The third-order valence-corrected chi connectivity index (χ3v) is 2.73. The van der Waals surface area contributed by atoms with E-state index >= 15 is 0 Å². The molecule has 2 heterocycles. The Labute approximate surface area is 79.2 Å². The lowest BCUT2D eigenvalue weighted by molar-refractivity contribution is 0.493. The van der Waals surface area contributed by atoms with Gasteiger partial charge in [-0.05, 0) is 19.4 Å². The number of nitrogens with zero attached hydrogens (tertiary/aromatic N) is 2. The first-order valence-electron chi connectivity index (χ1n) is 5.08. The molecular formula is C10H17N3. The average Bonchev–Trinajstić information content (AvgIpc) is 2.43. The van der Waals surface area contributed by atoms with Crippen LogP contribution in [0.25, 0.3) is 0 Å². The van der Waals surface area contributed by atoms with E-state index in [-0.39, 0.29) is 0 Å². The maximum absolute atomic E-state index is 4.38. The standard InChI is InChI=1S/C10H17N3/c1-13-8-7-12-10(13)9-5-3-2-4-6-11-9/h7-9,11H,2-6H2,1H3. The minimum Gasteiger partial charge on any atom is -0.337 e. The molecule has 0 radical (unpaired) electrons. The van der Waals surface area contributed by atoms with Crippen LogP contribution in [0.3, 0.4) is 0 Å². The van der Waals surface area contributed by atoms with Gasteiger partial charge in [0, 0.05) is 19.4 Å². The predicted octanol–water partition coefficient (Wildman–Crippen LogP) is 1.62. The van der Waals surface area contributed by atoms with Crippen molar-refractivity contribution in [2.75, 3.05) is 6.54 Å². The van der Waals surface area contributed by atoms with Crippen LogP contribution in [0.5, 0.6) is 0 Å². The van der Waals surface area contributed by atoms with Gasteiger partial charge < -0.3 is 9.88 Å². The van der Waals surface area contributed by atoms with E-state index in [0.29, 0.717) is 6.04 Å². The first kappa shape index (κ1) is 8.75. The van der Waals surface area contributed by atoms with Crippen LogP contribution in [-0.4, -0.2) is 16.1 Å². The van der Waals surface area contributed by atoms with Gasteiger partial charge in [0.1, 0.15) is 5.82 Å². The number of hydrogen-bond acceptors (Lipinski definition) is 2. The van der Waals surface area contributed by atoms with Crippen molar-refractivity contribution in [1.29, 1.82) is 0 Å². The van der Waals surface area contributed by atoms with Crippen LogP contribution < -0.4 is 5.32 Å². The van der Waals surface area contributed by atoms with Gasteiger partial charge in [-0.2, -0.15) is 0 Å². The van der Waals surface area contributed by atoms with E-state index in [1.165, 1.54) is 31.5 Å². The SMILES string of the molecule is Cn1ccnc1C1CCCCCN1. The number of rotatable bonds is 1. The van der Waals surface area contributed by atoms with E-state index in [0.717, 1.165) is 6.54 Å². The lowest BCUT2D eigenvalue weighted by Crippen LogP contribution is -2.23. The second kappa shape index (κ2) is 3.92. The number of aromatic nitrogens is 2. The molecule has 0 aliphatic carbocycles. The van der Waals surface area contributed by atoms with Gasteiger partial charge in [0.15, 0.2) is 0 Å². The van der Waals surface area contributed by atoms with Gasteiger partial charge in [-0.25, -0.2) is 4.98 Å². The molecular weight excluding hydrogens is 162 g/mol. The largest absolute Gasteiger partial charge is 0.337 e. The van der Waals surface area contributed by atoms with E-state index < -0.39 is 0 Å². The molecule has 1 saturated heterocycles. The molecule has 3 heteroatoms. The summed E-state index contributed by atoms with van der Waals surface area (Å²) in [5.41, 5.74) is 0. The molecule has 2 rings (SSSR count). The first-order valence-corrected chi connectivity index (χ1v) is 5.08. The van der Waals surface area contributed by atoms with Crippen molar-refractivity contribution in [3.05, 3.63) is 18.2 Å². The zero-order chi connectivity index (χ0) is 9.10. The predicted molar refractivity (Wildman–Crippen MR) is 52.4 cm³/mol. The average molecular weight is 179 g/mol. The van der Waals surface area contributed by atoms with Crippen LogP contribution >= 0.6 is 0 Å². The Bertz CT molecular complexity index is 259. The summed E-state index contributed by atoms with van der Waals surface area (Å²) in [6, 6.07) is 0.475. The zero-order valence-electron chi connectivity index (χ0n) is 8.16. The van der Waals surface area contributed by atoms with Crippen molar-refractivity contribution in [2.45, 2.75) is 31.7 Å². The van der Waals surface area contributed by atoms with Gasteiger partial charge in [0.25, 0.3) is 0 Å². The number of hydrogen-bond donors (Lipinski definition) is 1. The van der Waals surface area contributed by atoms with Crippen molar-refractivity contribution in [3.63, 3.8) is 0 Å². The zero-order valence-corrected chi connectivity index (χ0v) is 8.16. The molecule has 0 saturated carbocycles. The molecule has 1 fully saturated rings. The topological polar surface area (TPSA) is 29.9 Å². The Hall–Kier alpha value is -0.830. The lowest BCUT2D eigenvalue weighted by atomic mass is 10.1. The van der Waals surface area contributed by atoms with Crippen LogP contribution in [0.1, 0.15) is 37.5 Å². The fraction of sp³-hybridized carbons (Fsp3) is 0.700. The summed E-state index contributed by atoms with van der Waals surface area (Å²) < 4.78 is 2.11. The monoisotopic (exact) mass is 179 g/mol. The normalized spacial score (nSPS) is 24.2. The molecule has 1 unspecified atom stereocenters. The molecule has 3 nitrogen and oxygen atoms in total. The Morgan fingerprint density at radius 1 is 1.46 bits per heavy atom. The van der Waals surface area contributed by atoms with Crippen molar-refractivity contribution in [1.82, 2.24) is 14.9 Å². The number of nitrogens with one attached hydrogen (secondary N) is 1. The summed E-state index contributed by atoms with van der Waals surface area (Å²) >= 11 is 0. The fourth-order valence-corrected chi connectivity index (χ4v) is 1.96. The third kappa shape index (κ3) is 1.91. The minimum atomic E-state index is 0.475. The molecule has 1 aromatic heterocycles. The molecule has 0 aromatic carbocycles. The van der Waals surface area contributed by atoms with Crippen LogP contribution in [0.2, 0.25) is 0 Å². The quantitative estimate of drug-likeness (QED) is 0.710. The second-order valence-electron chi connectivity index (χ2n) is 3.75. The molecule has 1 N–H and O–H groups in total. The van der Waals surface area contributed by atoms with Crippen molar-refractivity contribution < 1.29 is 0 Å². The Balaban J connectivity index is 2.10. The molecule has 1 atom stereocenters. The van der Waals surface area contributed by atoms with Gasteiger partial charge in [-0.15, -0.1) is 0 Å². The second-order valence-corrected chi connectivity index (χ2v) is 3.75. The molecule has 0 spiro atoms. The summed E-state index contributed by atoms with van der Waals surface area (Å²) in [5, 5.41) is 3.54. The van der Waals surface area contributed by atoms with Crippen LogP contribution in [-0.2, 0) is 7.05 Å². The summed E-state index contributed by atoms with van der Waals surface area (Å²) in [6.07, 6.45) is 9.11. The van der Waals surface area contributed by atoms with Gasteiger partial charge in [-0.3, -0.25) is 0 Å². The smallest absolute Gasteiger partial charge is 0.125 e. The molecule has 0 amide bonds. The van der Waals surface area contributed by atoms with Gasteiger partial charge >= 0.3 is 0 Å². The highest BCUT2D eigenvalue weighted by atomic mass is 15.1. The molecule has 1 aromatic rings. The summed E-state index contributed by atoms with van der Waals surface area (Å²) in [6.45, 7) is 1.14. The summed E-state index contributed by atoms with van der Waals surface area (Å²) in [4.78, 5) is 4.38. The van der Waals surface area contributed by atoms with E-state index in [9.17, 15) is 0 Å². The van der Waals surface area contributed by atoms with E-state index in [1.54, 1.807) is 0 Å². The highest BCUT2D eigenvalue weighted by molar-refractivity contribution is 4.99. The Kier molecular flexibility index (Phi) is 2.64. The van der Waals surface area contributed by atoms with Crippen LogP contribution in [0.4, 0.5) is 0 Å². The van der Waals surface area contributed by atoms with Crippen molar-refractivity contribution >= 4 is 0 Å². The van der Waals surface area contributed by atoms with Gasteiger partial charge in [-0.1, -0.05) is 12.8 Å². The Morgan fingerprint density at radius 3 is 3.15 bits per heavy atom. The molecule has 1 aliphatic rings. The van der Waals surface area contributed by atoms with E-state index in [2.05, 4.69) is 21.9 Å². The van der Waals surface area contributed by atoms with E-state index in [4.69, 9.17) is 0 Å². The van der Waals surface area contributed by atoms with Crippen LogP contribution in [0.15, 0.2) is 12.4 Å². The van der Waals surface area contributed by atoms with Crippen LogP contribution in [0, 0.1) is 0 Å². The maximum atomic E-state index is 4.38. The number of aryl methyl sites for hydroxylation is 1. The molecule has 0 bridgehead atoms. The molecule has 72 valence electrons. The minimum absolute atomic E-state index is 0.475. The fourth-order valence-electron chi connectivity index (χ4n) is 1.96. The summed E-state index contributed by atoms with van der Waals surface area (Å²) in [5.74, 6) is 1.18. The van der Waals surface area contributed by atoms with Gasteiger partial charge in [0.05, 0.1) is 6.04 Å². The Morgan fingerprint density at radius 2 is 2.38 bits per heavy atom. The summed E-state index contributed by atoms with van der Waals surface area (Å²) in [7, 11) is 2.06. The third-order valence-electron chi connectivity index (χ3n) is 2.73. The van der Waals surface area contributed by atoms with Crippen molar-refractivity contribution in [3.8, 4) is 0 Å². The molecule has 1 aliphatic heterocycles. The van der Waals surface area contributed by atoms with Crippen molar-refractivity contribution in [2.24, 2.45) is 7.05 Å². The first-order chi connectivity index (χ1) is 6.38. The highest BCUT2D eigenvalue weighted by Crippen LogP contribution is 2.20.